The van der Waals surface area contributed by atoms with Crippen molar-refractivity contribution in [3.8, 4) is 0 Å². The number of hydrogen-bond acceptors (Lipinski definition) is 3. The number of aliphatic hydroxyl groups is 1. The van der Waals surface area contributed by atoms with Crippen molar-refractivity contribution in [2.24, 2.45) is 5.92 Å². The van der Waals surface area contributed by atoms with Crippen molar-refractivity contribution in [1.82, 2.24) is 0 Å². The summed E-state index contributed by atoms with van der Waals surface area (Å²) in [6, 6.07) is 3.62. The van der Waals surface area contributed by atoms with Crippen LogP contribution in [0.15, 0.2) is 16.6 Å². The van der Waals surface area contributed by atoms with Gasteiger partial charge in [-0.2, -0.15) is 0 Å². The van der Waals surface area contributed by atoms with Gasteiger partial charge >= 0.3 is 0 Å². The van der Waals surface area contributed by atoms with Crippen molar-refractivity contribution in [2.45, 2.75) is 32.8 Å². The summed E-state index contributed by atoms with van der Waals surface area (Å²) in [5.41, 5.74) is 0.698. The van der Waals surface area contributed by atoms with E-state index in [1.807, 2.05) is 12.1 Å². The predicted molar refractivity (Wildman–Crippen MR) is 93.5 cm³/mol. The lowest BCUT2D eigenvalue weighted by Crippen LogP contribution is -2.25. The first kappa shape index (κ1) is 19.0. The molecule has 0 saturated heterocycles. The smallest absolute Gasteiger partial charge is 0.0945 e. The second kappa shape index (κ2) is 9.90. The number of halogens is 3. The highest BCUT2D eigenvalue weighted by atomic mass is 79.9. The largest absolute Gasteiger partial charge is 0.389 e. The van der Waals surface area contributed by atoms with Crippen LogP contribution in [0.25, 0.3) is 0 Å². The van der Waals surface area contributed by atoms with Crippen molar-refractivity contribution in [3.63, 3.8) is 0 Å². The van der Waals surface area contributed by atoms with Crippen molar-refractivity contribution >= 4 is 44.8 Å². The highest BCUT2D eigenvalue weighted by molar-refractivity contribution is 9.10. The van der Waals surface area contributed by atoms with Gasteiger partial charge in [-0.1, -0.05) is 37.0 Å². The van der Waals surface area contributed by atoms with Gasteiger partial charge in [0.25, 0.3) is 0 Å². The molecule has 120 valence electrons. The van der Waals surface area contributed by atoms with Gasteiger partial charge in [-0.15, -0.1) is 0 Å². The van der Waals surface area contributed by atoms with Crippen LogP contribution in [0.5, 0.6) is 0 Å². The van der Waals surface area contributed by atoms with Crippen LogP contribution in [0.3, 0.4) is 0 Å². The maximum absolute atomic E-state index is 9.86. The van der Waals surface area contributed by atoms with E-state index >= 15 is 0 Å². The van der Waals surface area contributed by atoms with Gasteiger partial charge in [-0.25, -0.2) is 0 Å². The first-order valence-electron chi connectivity index (χ1n) is 7.05. The first-order chi connectivity index (χ1) is 9.91. The Morgan fingerprint density at radius 2 is 2.00 bits per heavy atom. The molecule has 3 nitrogen and oxygen atoms in total. The Kier molecular flexibility index (Phi) is 8.98. The molecule has 21 heavy (non-hydrogen) atoms. The van der Waals surface area contributed by atoms with Crippen molar-refractivity contribution in [1.29, 1.82) is 0 Å². The molecule has 0 aromatic heterocycles. The molecule has 0 aliphatic heterocycles. The summed E-state index contributed by atoms with van der Waals surface area (Å²) in [7, 11) is 0. The maximum Gasteiger partial charge on any atom is 0.0945 e. The molecule has 0 amide bonds. The Labute approximate surface area is 145 Å². The molecule has 0 bridgehead atoms. The minimum absolute atomic E-state index is 0.312. The zero-order chi connectivity index (χ0) is 15.8. The van der Waals surface area contributed by atoms with Crippen LogP contribution < -0.4 is 5.32 Å². The molecule has 1 atom stereocenters. The predicted octanol–water partition coefficient (Wildman–Crippen LogP) is 4.98. The minimum Gasteiger partial charge on any atom is -0.389 e. The molecule has 2 N–H and O–H groups in total. The molecule has 1 aromatic rings. The Bertz CT molecular complexity index is 444. The summed E-state index contributed by atoms with van der Waals surface area (Å²) in [4.78, 5) is 0. The average molecular weight is 399 g/mol. The molecule has 6 heteroatoms. The Morgan fingerprint density at radius 3 is 2.67 bits per heavy atom. The molecule has 1 rings (SSSR count). The van der Waals surface area contributed by atoms with Crippen LogP contribution in [0.4, 0.5) is 5.69 Å². The van der Waals surface area contributed by atoms with E-state index in [4.69, 9.17) is 27.9 Å². The highest BCUT2D eigenvalue weighted by Crippen LogP contribution is 2.35. The van der Waals surface area contributed by atoms with Crippen molar-refractivity contribution < 1.29 is 9.84 Å². The van der Waals surface area contributed by atoms with E-state index in [0.717, 1.165) is 17.3 Å². The second-order valence-electron chi connectivity index (χ2n) is 5.37. The van der Waals surface area contributed by atoms with Gasteiger partial charge in [0.1, 0.15) is 0 Å². The first-order valence-corrected chi connectivity index (χ1v) is 8.60. The fourth-order valence-corrected chi connectivity index (χ4v) is 2.60. The lowest BCUT2D eigenvalue weighted by molar-refractivity contribution is 0.0409. The van der Waals surface area contributed by atoms with E-state index in [-0.39, 0.29) is 0 Å². The van der Waals surface area contributed by atoms with E-state index in [1.54, 1.807) is 0 Å². The zero-order valence-corrected chi connectivity index (χ0v) is 15.4. The van der Waals surface area contributed by atoms with Crippen LogP contribution >= 0.6 is 39.1 Å². The monoisotopic (exact) mass is 397 g/mol. The van der Waals surface area contributed by atoms with Crippen LogP contribution in [-0.4, -0.2) is 31.0 Å². The van der Waals surface area contributed by atoms with E-state index in [9.17, 15) is 5.11 Å². The Balaban J connectivity index is 2.27. The lowest BCUT2D eigenvalue weighted by atomic mass is 10.1. The number of anilines is 1. The van der Waals surface area contributed by atoms with Crippen LogP contribution in [-0.2, 0) is 4.74 Å². The Morgan fingerprint density at radius 1 is 1.29 bits per heavy atom. The van der Waals surface area contributed by atoms with E-state index in [0.29, 0.717) is 41.4 Å². The molecular weight excluding hydrogens is 377 g/mol. The molecule has 0 fully saturated rings. The van der Waals surface area contributed by atoms with Gasteiger partial charge in [0, 0.05) is 17.6 Å². The SMILES string of the molecule is CC(C)CCCOCC(O)CNc1ccc(Br)c(Cl)c1Cl. The topological polar surface area (TPSA) is 41.5 Å². The van der Waals surface area contributed by atoms with E-state index < -0.39 is 6.10 Å². The fourth-order valence-electron chi connectivity index (χ4n) is 1.76. The van der Waals surface area contributed by atoms with E-state index in [2.05, 4.69) is 35.1 Å². The van der Waals surface area contributed by atoms with Gasteiger partial charge in [-0.3, -0.25) is 0 Å². The fraction of sp³-hybridized carbons (Fsp3) is 0.600. The third kappa shape index (κ3) is 7.20. The summed E-state index contributed by atoms with van der Waals surface area (Å²) in [5.74, 6) is 0.685. The molecule has 0 radical (unpaired) electrons. The van der Waals surface area contributed by atoms with Gasteiger partial charge in [0.2, 0.25) is 0 Å². The summed E-state index contributed by atoms with van der Waals surface area (Å²) < 4.78 is 6.20. The molecular formula is C15H22BrCl2NO2. The van der Waals surface area contributed by atoms with Crippen LogP contribution in [0, 0.1) is 5.92 Å². The number of ether oxygens (including phenoxy) is 1. The highest BCUT2D eigenvalue weighted by Gasteiger charge is 2.10. The minimum atomic E-state index is -0.581. The molecule has 0 heterocycles. The third-order valence-corrected chi connectivity index (χ3v) is 4.71. The standard InChI is InChI=1S/C15H22BrCl2NO2/c1-10(2)4-3-7-21-9-11(20)8-19-13-6-5-12(16)14(17)15(13)18/h5-6,10-11,19-20H,3-4,7-9H2,1-2H3. The molecule has 1 aromatic carbocycles. The number of rotatable bonds is 9. The van der Waals surface area contributed by atoms with Crippen LogP contribution in [0.1, 0.15) is 26.7 Å². The lowest BCUT2D eigenvalue weighted by Gasteiger charge is -2.15. The van der Waals surface area contributed by atoms with E-state index in [1.165, 1.54) is 0 Å². The molecule has 0 spiro atoms. The molecule has 0 aliphatic carbocycles. The average Bonchev–Trinajstić information content (AvgIpc) is 2.43. The molecule has 0 aliphatic rings. The molecule has 0 saturated carbocycles. The van der Waals surface area contributed by atoms with Crippen molar-refractivity contribution in [2.75, 3.05) is 25.1 Å². The number of hydrogen-bond donors (Lipinski definition) is 2. The van der Waals surface area contributed by atoms with Gasteiger partial charge < -0.3 is 15.2 Å². The summed E-state index contributed by atoms with van der Waals surface area (Å²) >= 11 is 15.5. The zero-order valence-electron chi connectivity index (χ0n) is 12.3. The van der Waals surface area contributed by atoms with Gasteiger partial charge in [-0.05, 0) is 46.8 Å². The summed E-state index contributed by atoms with van der Waals surface area (Å²) in [6.07, 6.45) is 1.58. The quantitative estimate of drug-likeness (QED) is 0.455. The van der Waals surface area contributed by atoms with Crippen molar-refractivity contribution in [3.05, 3.63) is 26.7 Å². The number of benzene rings is 1. The Hall–Kier alpha value is -0.000000000000000111. The summed E-state index contributed by atoms with van der Waals surface area (Å²) in [6.45, 7) is 5.73. The number of nitrogens with one attached hydrogen (secondary N) is 1. The van der Waals surface area contributed by atoms with Crippen LogP contribution in [0.2, 0.25) is 10.0 Å². The molecule has 1 unspecified atom stereocenters. The number of aliphatic hydroxyl groups excluding tert-OH is 1. The van der Waals surface area contributed by atoms with Gasteiger partial charge in [0.15, 0.2) is 0 Å². The summed E-state index contributed by atoms with van der Waals surface area (Å²) in [5, 5.41) is 13.8. The third-order valence-electron chi connectivity index (χ3n) is 2.94. The normalized spacial score (nSPS) is 12.7. The second-order valence-corrected chi connectivity index (χ2v) is 6.98. The van der Waals surface area contributed by atoms with Gasteiger partial charge in [0.05, 0.1) is 28.4 Å². The maximum atomic E-state index is 9.86.